The van der Waals surface area contributed by atoms with Gasteiger partial charge in [-0.25, -0.2) is 0 Å². The lowest BCUT2D eigenvalue weighted by atomic mass is 10.1. The van der Waals surface area contributed by atoms with Gasteiger partial charge in [-0.15, -0.1) is 0 Å². The fraction of sp³-hybridized carbons (Fsp3) is 0.250. The van der Waals surface area contributed by atoms with Crippen molar-refractivity contribution in [2.45, 2.75) is 12.8 Å². The molecule has 0 aliphatic rings. The molecular formula is C8H7NO5S. The molecule has 0 aliphatic heterocycles. The first kappa shape index (κ1) is 11.3. The minimum Gasteiger partial charge on any atom is -0.481 e. The molecule has 0 aliphatic carbocycles. The van der Waals surface area contributed by atoms with Crippen LogP contribution in [-0.4, -0.2) is 21.8 Å². The number of carboxylic acids is 1. The van der Waals surface area contributed by atoms with Crippen LogP contribution in [0.2, 0.25) is 0 Å². The Morgan fingerprint density at radius 2 is 2.13 bits per heavy atom. The van der Waals surface area contributed by atoms with Crippen LogP contribution in [0.25, 0.3) is 0 Å². The maximum absolute atomic E-state index is 11.3. The summed E-state index contributed by atoms with van der Waals surface area (Å²) in [6, 6.07) is 1.16. The molecule has 1 N–H and O–H groups in total. The summed E-state index contributed by atoms with van der Waals surface area (Å²) in [4.78, 5) is 31.2. The normalized spacial score (nSPS) is 9.87. The van der Waals surface area contributed by atoms with Gasteiger partial charge in [0.2, 0.25) is 0 Å². The van der Waals surface area contributed by atoms with Gasteiger partial charge in [0, 0.05) is 23.4 Å². The monoisotopic (exact) mass is 229 g/mol. The van der Waals surface area contributed by atoms with E-state index in [4.69, 9.17) is 5.11 Å². The Bertz CT molecular complexity index is 411. The molecule has 7 heteroatoms. The number of nitrogens with zero attached hydrogens (tertiary/aromatic N) is 1. The van der Waals surface area contributed by atoms with Gasteiger partial charge in [-0.05, 0) is 0 Å². The SMILES string of the molecule is O=C(O)CCC(=O)c1csc([N+](=O)[O-])c1. The average molecular weight is 229 g/mol. The lowest BCUT2D eigenvalue weighted by molar-refractivity contribution is -0.380. The zero-order valence-electron chi connectivity index (χ0n) is 7.50. The van der Waals surface area contributed by atoms with E-state index in [0.29, 0.717) is 0 Å². The molecule has 0 saturated heterocycles. The fourth-order valence-electron chi connectivity index (χ4n) is 0.932. The maximum Gasteiger partial charge on any atom is 0.324 e. The molecule has 0 atom stereocenters. The van der Waals surface area contributed by atoms with E-state index in [2.05, 4.69) is 0 Å². The van der Waals surface area contributed by atoms with E-state index >= 15 is 0 Å². The van der Waals surface area contributed by atoms with Crippen LogP contribution in [0.3, 0.4) is 0 Å². The number of carboxylic acid groups (broad SMARTS) is 1. The van der Waals surface area contributed by atoms with E-state index in [-0.39, 0.29) is 29.2 Å². The van der Waals surface area contributed by atoms with Crippen LogP contribution in [0.1, 0.15) is 23.2 Å². The number of carbonyl (C=O) groups excluding carboxylic acids is 1. The van der Waals surface area contributed by atoms with Gasteiger partial charge in [0.05, 0.1) is 11.3 Å². The molecule has 0 amide bonds. The molecule has 0 bridgehead atoms. The molecule has 1 aromatic heterocycles. The minimum absolute atomic E-state index is 0.117. The summed E-state index contributed by atoms with van der Waals surface area (Å²) in [7, 11) is 0. The van der Waals surface area contributed by atoms with Crippen molar-refractivity contribution in [3.05, 3.63) is 27.1 Å². The summed E-state index contributed by atoms with van der Waals surface area (Å²) in [5.74, 6) is -1.45. The van der Waals surface area contributed by atoms with Crippen LogP contribution >= 0.6 is 11.3 Å². The van der Waals surface area contributed by atoms with Crippen LogP contribution in [0.15, 0.2) is 11.4 Å². The summed E-state index contributed by atoms with van der Waals surface area (Å²) in [5.41, 5.74) is 0.202. The van der Waals surface area contributed by atoms with Crippen LogP contribution in [0.5, 0.6) is 0 Å². The Kier molecular flexibility index (Phi) is 3.51. The first-order chi connectivity index (χ1) is 7.00. The van der Waals surface area contributed by atoms with Crippen molar-refractivity contribution in [2.24, 2.45) is 0 Å². The third-order valence-electron chi connectivity index (χ3n) is 1.65. The smallest absolute Gasteiger partial charge is 0.324 e. The predicted molar refractivity (Wildman–Crippen MR) is 52.2 cm³/mol. The van der Waals surface area contributed by atoms with Crippen molar-refractivity contribution >= 4 is 28.1 Å². The summed E-state index contributed by atoms with van der Waals surface area (Å²) >= 11 is 0.853. The summed E-state index contributed by atoms with van der Waals surface area (Å²) in [6.45, 7) is 0. The highest BCUT2D eigenvalue weighted by atomic mass is 32.1. The van der Waals surface area contributed by atoms with E-state index in [1.165, 1.54) is 5.38 Å². The average Bonchev–Trinajstić information content (AvgIpc) is 2.62. The number of hydrogen-bond acceptors (Lipinski definition) is 5. The number of thiophene rings is 1. The highest BCUT2D eigenvalue weighted by Gasteiger charge is 2.15. The molecule has 1 rings (SSSR count). The Labute approximate surface area is 88.3 Å². The summed E-state index contributed by atoms with van der Waals surface area (Å²) in [5, 5.41) is 19.9. The van der Waals surface area contributed by atoms with Gasteiger partial charge in [0.15, 0.2) is 5.78 Å². The van der Waals surface area contributed by atoms with E-state index in [1.807, 2.05) is 0 Å². The highest BCUT2D eigenvalue weighted by molar-refractivity contribution is 7.13. The largest absolute Gasteiger partial charge is 0.481 e. The van der Waals surface area contributed by atoms with Crippen molar-refractivity contribution in [3.63, 3.8) is 0 Å². The van der Waals surface area contributed by atoms with Gasteiger partial charge in [-0.3, -0.25) is 19.7 Å². The Hall–Kier alpha value is -1.76. The van der Waals surface area contributed by atoms with Crippen molar-refractivity contribution in [2.75, 3.05) is 0 Å². The highest BCUT2D eigenvalue weighted by Crippen LogP contribution is 2.23. The van der Waals surface area contributed by atoms with Gasteiger partial charge in [-0.1, -0.05) is 11.3 Å². The van der Waals surface area contributed by atoms with Crippen molar-refractivity contribution in [3.8, 4) is 0 Å². The summed E-state index contributed by atoms with van der Waals surface area (Å²) < 4.78 is 0. The molecular weight excluding hydrogens is 222 g/mol. The summed E-state index contributed by atoms with van der Waals surface area (Å²) in [6.07, 6.45) is -0.397. The van der Waals surface area contributed by atoms with Gasteiger partial charge >= 0.3 is 11.0 Å². The molecule has 0 fully saturated rings. The second kappa shape index (κ2) is 4.65. The quantitative estimate of drug-likeness (QED) is 0.470. The zero-order valence-corrected chi connectivity index (χ0v) is 8.32. The van der Waals surface area contributed by atoms with Crippen LogP contribution < -0.4 is 0 Å². The van der Waals surface area contributed by atoms with Gasteiger partial charge in [0.1, 0.15) is 0 Å². The first-order valence-electron chi connectivity index (χ1n) is 3.98. The lowest BCUT2D eigenvalue weighted by Crippen LogP contribution is -2.02. The Morgan fingerprint density at radius 1 is 1.47 bits per heavy atom. The molecule has 1 heterocycles. The molecule has 1 aromatic rings. The van der Waals surface area contributed by atoms with Gasteiger partial charge < -0.3 is 5.11 Å². The van der Waals surface area contributed by atoms with Crippen molar-refractivity contribution < 1.29 is 19.6 Å². The van der Waals surface area contributed by atoms with Crippen LogP contribution in [0, 0.1) is 10.1 Å². The minimum atomic E-state index is -1.06. The predicted octanol–water partition coefficient (Wildman–Crippen LogP) is 1.70. The number of carbonyl (C=O) groups is 2. The number of rotatable bonds is 5. The second-order valence-electron chi connectivity index (χ2n) is 2.75. The van der Waals surface area contributed by atoms with E-state index in [0.717, 1.165) is 17.4 Å². The van der Waals surface area contributed by atoms with Gasteiger partial charge in [0.25, 0.3) is 0 Å². The Morgan fingerprint density at radius 3 is 2.60 bits per heavy atom. The second-order valence-corrected chi connectivity index (χ2v) is 3.64. The van der Waals surface area contributed by atoms with E-state index in [1.54, 1.807) is 0 Å². The fourth-order valence-corrected chi connectivity index (χ4v) is 1.66. The lowest BCUT2D eigenvalue weighted by Gasteiger charge is -1.92. The molecule has 6 nitrogen and oxygen atoms in total. The number of Topliss-reactive ketones (excluding diaryl/α,β-unsaturated/α-hetero) is 1. The standard InChI is InChI=1S/C8H7NO5S/c10-6(1-2-8(11)12)5-3-7(9(13)14)15-4-5/h3-4H,1-2H2,(H,11,12). The molecule has 0 aromatic carbocycles. The number of ketones is 1. The molecule has 0 saturated carbocycles. The number of aliphatic carboxylic acids is 1. The molecule has 0 spiro atoms. The molecule has 80 valence electrons. The molecule has 15 heavy (non-hydrogen) atoms. The number of nitro groups is 1. The topological polar surface area (TPSA) is 97.5 Å². The third-order valence-corrected chi connectivity index (χ3v) is 2.53. The van der Waals surface area contributed by atoms with E-state index < -0.39 is 10.9 Å². The number of hydrogen-bond donors (Lipinski definition) is 1. The first-order valence-corrected chi connectivity index (χ1v) is 4.86. The third kappa shape index (κ3) is 3.13. The zero-order chi connectivity index (χ0) is 11.4. The Balaban J connectivity index is 2.66. The molecule has 0 unspecified atom stereocenters. The van der Waals surface area contributed by atoms with Crippen LogP contribution in [0.4, 0.5) is 5.00 Å². The maximum atomic E-state index is 11.3. The van der Waals surface area contributed by atoms with Crippen molar-refractivity contribution in [1.29, 1.82) is 0 Å². The van der Waals surface area contributed by atoms with E-state index in [9.17, 15) is 19.7 Å². The molecule has 0 radical (unpaired) electrons. The van der Waals surface area contributed by atoms with Crippen molar-refractivity contribution in [1.82, 2.24) is 0 Å². The van der Waals surface area contributed by atoms with Gasteiger partial charge in [-0.2, -0.15) is 0 Å². The van der Waals surface area contributed by atoms with Crippen LogP contribution in [-0.2, 0) is 4.79 Å².